The van der Waals surface area contributed by atoms with Gasteiger partial charge in [-0.2, -0.15) is 0 Å². The first kappa shape index (κ1) is 12.5. The molecule has 17 heavy (non-hydrogen) atoms. The summed E-state index contributed by atoms with van der Waals surface area (Å²) in [6.45, 7) is 0. The van der Waals surface area contributed by atoms with Crippen molar-refractivity contribution >= 4 is 50.6 Å². The summed E-state index contributed by atoms with van der Waals surface area (Å²) < 4.78 is 1.79. The third-order valence-electron chi connectivity index (χ3n) is 1.79. The number of nitrogens with zero attached hydrogens (tertiary/aromatic N) is 2. The van der Waals surface area contributed by atoms with Crippen molar-refractivity contribution in [3.63, 3.8) is 0 Å². The number of hydrogen-bond acceptors (Lipinski definition) is 5. The molecule has 7 heteroatoms. The molecule has 0 radical (unpaired) electrons. The quantitative estimate of drug-likeness (QED) is 0.876. The van der Waals surface area contributed by atoms with Gasteiger partial charge in [0.15, 0.2) is 4.34 Å². The first-order valence-electron chi connectivity index (χ1n) is 4.68. The average molecular weight is 330 g/mol. The maximum Gasteiger partial charge on any atom is 0.234 e. The minimum Gasteiger partial charge on any atom is -0.325 e. The van der Waals surface area contributed by atoms with Crippen LogP contribution in [-0.2, 0) is 4.79 Å². The lowest BCUT2D eigenvalue weighted by Gasteiger charge is -2.03. The number of nitrogens with one attached hydrogen (secondary N) is 1. The Hall–Kier alpha value is -0.920. The smallest absolute Gasteiger partial charge is 0.234 e. The summed E-state index contributed by atoms with van der Waals surface area (Å²) in [6, 6.07) is 7.45. The summed E-state index contributed by atoms with van der Waals surface area (Å²) in [5.74, 6) is 0.290. The Balaban J connectivity index is 1.83. The molecule has 0 aliphatic heterocycles. The van der Waals surface area contributed by atoms with Crippen LogP contribution < -0.4 is 5.32 Å². The highest BCUT2D eigenvalue weighted by atomic mass is 79.9. The molecule has 0 saturated heterocycles. The lowest BCUT2D eigenvalue weighted by molar-refractivity contribution is -0.113. The van der Waals surface area contributed by atoms with Gasteiger partial charge in [-0.05, 0) is 24.3 Å². The fourth-order valence-corrected chi connectivity index (χ4v) is 2.64. The van der Waals surface area contributed by atoms with E-state index in [4.69, 9.17) is 0 Å². The number of thioether (sulfide) groups is 1. The molecule has 0 aliphatic carbocycles. The number of hydrogen-bond donors (Lipinski definition) is 1. The molecule has 0 aliphatic rings. The monoisotopic (exact) mass is 329 g/mol. The summed E-state index contributed by atoms with van der Waals surface area (Å²) in [6.07, 6.45) is 0. The SMILES string of the molecule is O=C(CSc1nncs1)Nc1ccc(Br)cc1. The second kappa shape index (κ2) is 6.13. The summed E-state index contributed by atoms with van der Waals surface area (Å²) in [5.41, 5.74) is 2.44. The van der Waals surface area contributed by atoms with Crippen molar-refractivity contribution in [3.05, 3.63) is 34.2 Å². The van der Waals surface area contributed by atoms with Gasteiger partial charge in [0.2, 0.25) is 5.91 Å². The molecule has 0 atom stereocenters. The fraction of sp³-hybridized carbons (Fsp3) is 0.100. The van der Waals surface area contributed by atoms with Gasteiger partial charge >= 0.3 is 0 Å². The third-order valence-corrected chi connectivity index (χ3v) is 4.18. The molecular weight excluding hydrogens is 322 g/mol. The molecule has 2 aromatic rings. The molecule has 1 aromatic heterocycles. The van der Waals surface area contributed by atoms with Gasteiger partial charge in [0, 0.05) is 10.2 Å². The van der Waals surface area contributed by atoms with Crippen LogP contribution in [0.3, 0.4) is 0 Å². The van der Waals surface area contributed by atoms with E-state index in [1.165, 1.54) is 23.1 Å². The van der Waals surface area contributed by atoms with Crippen LogP contribution in [0.15, 0.2) is 38.6 Å². The van der Waals surface area contributed by atoms with E-state index in [9.17, 15) is 4.79 Å². The minimum atomic E-state index is -0.0486. The molecule has 0 saturated carbocycles. The van der Waals surface area contributed by atoms with Crippen molar-refractivity contribution in [2.24, 2.45) is 0 Å². The van der Waals surface area contributed by atoms with E-state index < -0.39 is 0 Å². The van der Waals surface area contributed by atoms with E-state index in [0.717, 1.165) is 14.5 Å². The molecule has 4 nitrogen and oxygen atoms in total. The second-order valence-electron chi connectivity index (χ2n) is 3.05. The Morgan fingerprint density at radius 1 is 1.41 bits per heavy atom. The Morgan fingerprint density at radius 3 is 2.82 bits per heavy atom. The first-order chi connectivity index (χ1) is 8.24. The minimum absolute atomic E-state index is 0.0486. The Bertz CT molecular complexity index is 487. The molecule has 1 N–H and O–H groups in total. The Labute approximate surface area is 115 Å². The molecule has 1 amide bonds. The zero-order valence-electron chi connectivity index (χ0n) is 8.59. The summed E-state index contributed by atoms with van der Waals surface area (Å²) in [7, 11) is 0. The normalized spacial score (nSPS) is 10.2. The van der Waals surface area contributed by atoms with E-state index in [-0.39, 0.29) is 5.91 Å². The molecule has 0 fully saturated rings. The molecule has 0 spiro atoms. The number of benzene rings is 1. The highest BCUT2D eigenvalue weighted by Crippen LogP contribution is 2.19. The van der Waals surface area contributed by atoms with Crippen molar-refractivity contribution in [2.45, 2.75) is 4.34 Å². The van der Waals surface area contributed by atoms with Crippen LogP contribution >= 0.6 is 39.0 Å². The van der Waals surface area contributed by atoms with Crippen LogP contribution in [0.2, 0.25) is 0 Å². The van der Waals surface area contributed by atoms with Gasteiger partial charge in [-0.25, -0.2) is 0 Å². The van der Waals surface area contributed by atoms with E-state index in [2.05, 4.69) is 31.4 Å². The van der Waals surface area contributed by atoms with Crippen molar-refractivity contribution < 1.29 is 4.79 Å². The van der Waals surface area contributed by atoms with Gasteiger partial charge < -0.3 is 5.32 Å². The predicted octanol–water partition coefficient (Wildman–Crippen LogP) is 3.03. The van der Waals surface area contributed by atoms with Crippen molar-refractivity contribution in [1.29, 1.82) is 0 Å². The molecular formula is C10H8BrN3OS2. The summed E-state index contributed by atoms with van der Waals surface area (Å²) in [5, 5.41) is 10.4. The predicted molar refractivity (Wildman–Crippen MR) is 73.4 cm³/mol. The van der Waals surface area contributed by atoms with Gasteiger partial charge in [0.25, 0.3) is 0 Å². The van der Waals surface area contributed by atoms with Gasteiger partial charge in [-0.3, -0.25) is 4.79 Å². The van der Waals surface area contributed by atoms with Crippen LogP contribution in [-0.4, -0.2) is 21.9 Å². The zero-order chi connectivity index (χ0) is 12.1. The largest absolute Gasteiger partial charge is 0.325 e. The molecule has 1 heterocycles. The van der Waals surface area contributed by atoms with E-state index in [1.807, 2.05) is 24.3 Å². The van der Waals surface area contributed by atoms with Crippen LogP contribution in [0.25, 0.3) is 0 Å². The van der Waals surface area contributed by atoms with Crippen molar-refractivity contribution in [1.82, 2.24) is 10.2 Å². The van der Waals surface area contributed by atoms with E-state index in [0.29, 0.717) is 5.75 Å². The van der Waals surface area contributed by atoms with Crippen LogP contribution in [0.4, 0.5) is 5.69 Å². The van der Waals surface area contributed by atoms with Gasteiger partial charge in [0.1, 0.15) is 5.51 Å². The van der Waals surface area contributed by atoms with Crippen LogP contribution in [0.1, 0.15) is 0 Å². The number of rotatable bonds is 4. The zero-order valence-corrected chi connectivity index (χ0v) is 11.8. The topological polar surface area (TPSA) is 54.9 Å². The third kappa shape index (κ3) is 4.10. The summed E-state index contributed by atoms with van der Waals surface area (Å²) >= 11 is 6.15. The maximum atomic E-state index is 11.6. The van der Waals surface area contributed by atoms with E-state index in [1.54, 1.807) is 5.51 Å². The first-order valence-corrected chi connectivity index (χ1v) is 7.34. The molecule has 88 valence electrons. The highest BCUT2D eigenvalue weighted by Gasteiger charge is 2.05. The Morgan fingerprint density at radius 2 is 2.18 bits per heavy atom. The number of carbonyl (C=O) groups excluding carboxylic acids is 1. The fourth-order valence-electron chi connectivity index (χ4n) is 1.08. The number of halogens is 1. The lowest BCUT2D eigenvalue weighted by Crippen LogP contribution is -2.13. The summed E-state index contributed by atoms with van der Waals surface area (Å²) in [4.78, 5) is 11.6. The van der Waals surface area contributed by atoms with Gasteiger partial charge in [0.05, 0.1) is 5.75 Å². The highest BCUT2D eigenvalue weighted by molar-refractivity contribution is 9.10. The van der Waals surface area contributed by atoms with E-state index >= 15 is 0 Å². The van der Waals surface area contributed by atoms with Crippen molar-refractivity contribution in [2.75, 3.05) is 11.1 Å². The van der Waals surface area contributed by atoms with Crippen molar-refractivity contribution in [3.8, 4) is 0 Å². The standard InChI is InChI=1S/C10H8BrN3OS2/c11-7-1-3-8(4-2-7)13-9(15)5-16-10-14-12-6-17-10/h1-4,6H,5H2,(H,13,15). The molecule has 1 aromatic carbocycles. The number of carbonyl (C=O) groups is 1. The average Bonchev–Trinajstić information content (AvgIpc) is 2.83. The lowest BCUT2D eigenvalue weighted by atomic mass is 10.3. The van der Waals surface area contributed by atoms with Crippen LogP contribution in [0, 0.1) is 0 Å². The number of amides is 1. The number of aromatic nitrogens is 2. The second-order valence-corrected chi connectivity index (χ2v) is 6.02. The van der Waals surface area contributed by atoms with Gasteiger partial charge in [-0.1, -0.05) is 39.0 Å². The van der Waals surface area contributed by atoms with Crippen LogP contribution in [0.5, 0.6) is 0 Å². The maximum absolute atomic E-state index is 11.6. The molecule has 2 rings (SSSR count). The molecule has 0 unspecified atom stereocenters. The Kier molecular flexibility index (Phi) is 4.52. The van der Waals surface area contributed by atoms with Gasteiger partial charge in [-0.15, -0.1) is 10.2 Å². The number of anilines is 1. The molecule has 0 bridgehead atoms.